The maximum absolute atomic E-state index is 7.00. The number of hydrogen-bond acceptors (Lipinski definition) is 1. The van der Waals surface area contributed by atoms with Crippen molar-refractivity contribution in [2.75, 3.05) is 7.11 Å². The quantitative estimate of drug-likeness (QED) is 0.240. The van der Waals surface area contributed by atoms with Gasteiger partial charge >= 0.3 is 0 Å². The number of aliphatic hydroxyl groups is 1. The summed E-state index contributed by atoms with van der Waals surface area (Å²) >= 11 is 0. The molecule has 1 heteroatoms. The summed E-state index contributed by atoms with van der Waals surface area (Å²) in [7, 11) is 1.00. The van der Waals surface area contributed by atoms with E-state index in [2.05, 4.69) is 69.2 Å². The Morgan fingerprint density at radius 3 is 0.312 bits per heavy atom. The number of unbranched alkanes of at least 4 members (excludes halogenated alkanes) is 15. The second-order valence-electron chi connectivity index (χ2n) is 8.54. The van der Waals surface area contributed by atoms with Gasteiger partial charge in [0, 0.05) is 7.11 Å². The molecule has 0 aliphatic rings. The van der Waals surface area contributed by atoms with Crippen LogP contribution >= 0.6 is 0 Å². The summed E-state index contributed by atoms with van der Waals surface area (Å²) < 4.78 is 0. The van der Waals surface area contributed by atoms with Gasteiger partial charge in [0.1, 0.15) is 0 Å². The molecule has 204 valence electrons. The van der Waals surface area contributed by atoms with Crippen LogP contribution < -0.4 is 0 Å². The van der Waals surface area contributed by atoms with Gasteiger partial charge < -0.3 is 5.11 Å². The molecule has 0 fully saturated rings. The predicted octanol–water partition coefficient (Wildman–Crippen LogP) is 12.5. The Morgan fingerprint density at radius 1 is 0.219 bits per heavy atom. The zero-order chi connectivity index (χ0) is 26.1. The van der Waals surface area contributed by atoms with Gasteiger partial charge in [0.25, 0.3) is 0 Å². The first-order valence-electron chi connectivity index (χ1n) is 15.0. The van der Waals surface area contributed by atoms with E-state index in [4.69, 9.17) is 5.11 Å². The molecule has 0 unspecified atom stereocenters. The Bertz CT molecular complexity index is 113. The summed E-state index contributed by atoms with van der Waals surface area (Å²) in [6.07, 6.45) is 27.7. The fraction of sp³-hybridized carbons (Fsp3) is 1.00. The summed E-state index contributed by atoms with van der Waals surface area (Å²) in [5, 5.41) is 7.00. The Kier molecular flexibility index (Phi) is 99.1. The molecule has 0 heterocycles. The highest BCUT2D eigenvalue weighted by Crippen LogP contribution is 1.97. The lowest BCUT2D eigenvalue weighted by molar-refractivity contribution is 0.399. The molecule has 0 aromatic heterocycles. The molecular weight excluding hydrogens is 388 g/mol. The van der Waals surface area contributed by atoms with Gasteiger partial charge in [0.05, 0.1) is 0 Å². The van der Waals surface area contributed by atoms with E-state index in [0.29, 0.717) is 0 Å². The topological polar surface area (TPSA) is 20.2 Å². The van der Waals surface area contributed by atoms with Crippen molar-refractivity contribution in [3.8, 4) is 0 Å². The second kappa shape index (κ2) is 69.8. The van der Waals surface area contributed by atoms with Gasteiger partial charge in [-0.05, 0) is 0 Å². The Balaban J connectivity index is -0.0000000647. The van der Waals surface area contributed by atoms with Crippen LogP contribution in [-0.4, -0.2) is 12.2 Å². The molecule has 0 spiro atoms. The minimum absolute atomic E-state index is 1.00. The first-order chi connectivity index (χ1) is 15.6. The van der Waals surface area contributed by atoms with Gasteiger partial charge in [-0.15, -0.1) is 0 Å². The molecule has 0 aromatic carbocycles. The molecular formula is C31H74O. The van der Waals surface area contributed by atoms with Gasteiger partial charge in [-0.25, -0.2) is 0 Å². The van der Waals surface area contributed by atoms with Crippen molar-refractivity contribution in [3.05, 3.63) is 0 Å². The van der Waals surface area contributed by atoms with Crippen molar-refractivity contribution in [2.45, 2.75) is 198 Å². The molecule has 0 aromatic rings. The first kappa shape index (κ1) is 45.5. The smallest absolute Gasteiger partial charge is 0.0319 e. The number of aliphatic hydroxyl groups excluding tert-OH is 1. The normalized spacial score (nSPS) is 8.62. The Morgan fingerprint density at radius 2 is 0.281 bits per heavy atom. The molecule has 0 bridgehead atoms. The van der Waals surface area contributed by atoms with E-state index < -0.39 is 0 Å². The zero-order valence-corrected chi connectivity index (χ0v) is 25.6. The van der Waals surface area contributed by atoms with E-state index in [1.54, 1.807) is 0 Å². The lowest BCUT2D eigenvalue weighted by Gasteiger charge is -1.86. The third-order valence-corrected chi connectivity index (χ3v) is 4.79. The highest BCUT2D eigenvalue weighted by molar-refractivity contribution is 4.33. The van der Waals surface area contributed by atoms with E-state index in [9.17, 15) is 0 Å². The summed E-state index contributed by atoms with van der Waals surface area (Å²) in [6.45, 7) is 22.3. The zero-order valence-electron chi connectivity index (χ0n) is 25.6. The number of hydrogen-bond donors (Lipinski definition) is 1. The maximum atomic E-state index is 7.00. The van der Waals surface area contributed by atoms with Gasteiger partial charge in [-0.2, -0.15) is 0 Å². The predicted molar refractivity (Wildman–Crippen MR) is 157 cm³/mol. The van der Waals surface area contributed by atoms with E-state index in [1.165, 1.54) is 128 Å². The van der Waals surface area contributed by atoms with Gasteiger partial charge in [-0.3, -0.25) is 0 Å². The van der Waals surface area contributed by atoms with Crippen LogP contribution in [0.25, 0.3) is 0 Å². The van der Waals surface area contributed by atoms with E-state index >= 15 is 0 Å². The highest BCUT2D eigenvalue weighted by Gasteiger charge is 1.77. The van der Waals surface area contributed by atoms with Crippen molar-refractivity contribution in [3.63, 3.8) is 0 Å². The summed E-state index contributed by atoms with van der Waals surface area (Å²) in [4.78, 5) is 0. The molecule has 0 amide bonds. The van der Waals surface area contributed by atoms with Crippen molar-refractivity contribution < 1.29 is 5.11 Å². The standard InChI is InChI=1S/5C6H14.CH4O/c5*1-3-5-6-4-2;1-2/h5*3-6H2,1-2H3;2H,1H3. The second-order valence-corrected chi connectivity index (χ2v) is 8.54. The fourth-order valence-electron chi connectivity index (χ4n) is 2.50. The van der Waals surface area contributed by atoms with Crippen LogP contribution in [0.1, 0.15) is 198 Å². The third-order valence-electron chi connectivity index (χ3n) is 4.79. The van der Waals surface area contributed by atoms with E-state index in [0.717, 1.165) is 7.11 Å². The molecule has 1 nitrogen and oxygen atoms in total. The van der Waals surface area contributed by atoms with Crippen LogP contribution in [-0.2, 0) is 0 Å². The minimum Gasteiger partial charge on any atom is -0.400 e. The molecule has 0 saturated carbocycles. The highest BCUT2D eigenvalue weighted by atomic mass is 16.2. The monoisotopic (exact) mass is 463 g/mol. The van der Waals surface area contributed by atoms with Gasteiger partial charge in [0.2, 0.25) is 0 Å². The molecule has 0 saturated heterocycles. The lowest BCUT2D eigenvalue weighted by atomic mass is 10.2. The summed E-state index contributed by atoms with van der Waals surface area (Å²) in [6, 6.07) is 0. The van der Waals surface area contributed by atoms with Crippen LogP contribution in [0.5, 0.6) is 0 Å². The van der Waals surface area contributed by atoms with Crippen molar-refractivity contribution in [1.29, 1.82) is 0 Å². The van der Waals surface area contributed by atoms with Crippen molar-refractivity contribution in [1.82, 2.24) is 0 Å². The summed E-state index contributed by atoms with van der Waals surface area (Å²) in [5.41, 5.74) is 0. The average molecular weight is 463 g/mol. The largest absolute Gasteiger partial charge is 0.400 e. The van der Waals surface area contributed by atoms with Gasteiger partial charge in [0.15, 0.2) is 0 Å². The Labute approximate surface area is 210 Å². The van der Waals surface area contributed by atoms with Crippen molar-refractivity contribution in [2.24, 2.45) is 0 Å². The van der Waals surface area contributed by atoms with Gasteiger partial charge in [-0.1, -0.05) is 198 Å². The average Bonchev–Trinajstić information content (AvgIpc) is 2.85. The SMILES string of the molecule is CCCCCC.CCCCCC.CCCCCC.CCCCCC.CCCCCC.CO. The van der Waals surface area contributed by atoms with Crippen LogP contribution in [0, 0.1) is 0 Å². The fourth-order valence-corrected chi connectivity index (χ4v) is 2.50. The summed E-state index contributed by atoms with van der Waals surface area (Å²) in [5.74, 6) is 0. The van der Waals surface area contributed by atoms with Crippen LogP contribution in [0.4, 0.5) is 0 Å². The molecule has 32 heavy (non-hydrogen) atoms. The molecule has 0 aliphatic carbocycles. The molecule has 0 atom stereocenters. The first-order valence-corrected chi connectivity index (χ1v) is 15.0. The van der Waals surface area contributed by atoms with Crippen molar-refractivity contribution >= 4 is 0 Å². The molecule has 1 N–H and O–H groups in total. The maximum Gasteiger partial charge on any atom is 0.0319 e. The molecule has 0 radical (unpaired) electrons. The van der Waals surface area contributed by atoms with E-state index in [1.807, 2.05) is 0 Å². The third kappa shape index (κ3) is 112. The number of rotatable bonds is 15. The minimum atomic E-state index is 1.00. The molecule has 0 aliphatic heterocycles. The van der Waals surface area contributed by atoms with Crippen LogP contribution in [0.15, 0.2) is 0 Å². The molecule has 0 rings (SSSR count). The Hall–Kier alpha value is -0.0400. The lowest BCUT2D eigenvalue weighted by Crippen LogP contribution is -1.66. The van der Waals surface area contributed by atoms with Crippen LogP contribution in [0.2, 0.25) is 0 Å². The van der Waals surface area contributed by atoms with E-state index in [-0.39, 0.29) is 0 Å². The van der Waals surface area contributed by atoms with Crippen LogP contribution in [0.3, 0.4) is 0 Å².